The highest BCUT2D eigenvalue weighted by molar-refractivity contribution is 7.99. The minimum absolute atomic E-state index is 0.0903. The maximum absolute atomic E-state index is 12.0. The van der Waals surface area contributed by atoms with Crippen LogP contribution in [0.15, 0.2) is 16.9 Å². The molecule has 1 N–H and O–H groups in total. The fraction of sp³-hybridized carbons (Fsp3) is 0.571. The van der Waals surface area contributed by atoms with Crippen LogP contribution in [0.3, 0.4) is 0 Å². The van der Waals surface area contributed by atoms with E-state index in [1.54, 1.807) is 18.1 Å². The molecule has 7 nitrogen and oxygen atoms in total. The monoisotopic (exact) mass is 354 g/mol. The highest BCUT2D eigenvalue weighted by Crippen LogP contribution is 2.21. The van der Waals surface area contributed by atoms with Crippen LogP contribution < -0.4 is 5.32 Å². The third-order valence-corrected chi connectivity index (χ3v) is 4.71. The fourth-order valence-corrected chi connectivity index (χ4v) is 3.36. The molecule has 0 aliphatic carbocycles. The van der Waals surface area contributed by atoms with Crippen molar-refractivity contribution in [3.05, 3.63) is 16.7 Å². The molecule has 2 heterocycles. The standard InChI is InChI=1S/C14H22N6OS2/c1-10(2)16-12(21)13-17-11(8-23-13)20-9-15-18-14(20)22-7-5-6-19(3)4/h8-10H,5-7H2,1-4H3,(H,16,21). The Labute approximate surface area is 144 Å². The summed E-state index contributed by atoms with van der Waals surface area (Å²) in [6, 6.07) is 0.0903. The van der Waals surface area contributed by atoms with Crippen molar-refractivity contribution in [2.75, 3.05) is 26.4 Å². The number of thioether (sulfide) groups is 1. The van der Waals surface area contributed by atoms with Crippen molar-refractivity contribution in [2.24, 2.45) is 0 Å². The smallest absolute Gasteiger partial charge is 0.280 e. The lowest BCUT2D eigenvalue weighted by molar-refractivity contribution is 0.0942. The first-order valence-corrected chi connectivity index (χ1v) is 9.28. The number of carbonyl (C=O) groups is 1. The minimum Gasteiger partial charge on any atom is -0.348 e. The predicted octanol–water partition coefficient (Wildman–Crippen LogP) is 1.91. The summed E-state index contributed by atoms with van der Waals surface area (Å²) in [7, 11) is 4.12. The molecule has 2 rings (SSSR count). The topological polar surface area (TPSA) is 75.9 Å². The van der Waals surface area contributed by atoms with E-state index in [0.717, 1.165) is 23.9 Å². The van der Waals surface area contributed by atoms with E-state index < -0.39 is 0 Å². The van der Waals surface area contributed by atoms with E-state index in [0.29, 0.717) is 10.8 Å². The summed E-state index contributed by atoms with van der Waals surface area (Å²) in [6.07, 6.45) is 2.71. The molecule has 23 heavy (non-hydrogen) atoms. The Bertz CT molecular complexity index is 637. The van der Waals surface area contributed by atoms with E-state index in [4.69, 9.17) is 0 Å². The zero-order valence-electron chi connectivity index (χ0n) is 13.8. The van der Waals surface area contributed by atoms with Gasteiger partial charge in [0, 0.05) is 17.2 Å². The van der Waals surface area contributed by atoms with Gasteiger partial charge >= 0.3 is 0 Å². The molecule has 0 atom stereocenters. The molecule has 0 unspecified atom stereocenters. The number of nitrogens with one attached hydrogen (secondary N) is 1. The maximum atomic E-state index is 12.0. The second kappa shape index (κ2) is 8.42. The number of rotatable bonds is 8. The number of amides is 1. The summed E-state index contributed by atoms with van der Waals surface area (Å²) >= 11 is 2.97. The number of nitrogens with zero attached hydrogens (tertiary/aromatic N) is 5. The zero-order chi connectivity index (χ0) is 16.8. The fourth-order valence-electron chi connectivity index (χ4n) is 1.83. The molecule has 1 amide bonds. The SMILES string of the molecule is CC(C)NC(=O)c1nc(-n2cnnc2SCCCN(C)C)cs1. The number of aromatic nitrogens is 4. The van der Waals surface area contributed by atoms with Crippen molar-refractivity contribution in [1.82, 2.24) is 30.0 Å². The average molecular weight is 355 g/mol. The lowest BCUT2D eigenvalue weighted by atomic mass is 10.4. The number of hydrogen-bond acceptors (Lipinski definition) is 7. The Morgan fingerprint density at radius 2 is 2.26 bits per heavy atom. The second-order valence-corrected chi connectivity index (χ2v) is 7.55. The van der Waals surface area contributed by atoms with Crippen molar-refractivity contribution in [3.8, 4) is 5.82 Å². The molecule has 0 spiro atoms. The maximum Gasteiger partial charge on any atom is 0.280 e. The minimum atomic E-state index is -0.149. The van der Waals surface area contributed by atoms with Crippen LogP contribution in [-0.2, 0) is 0 Å². The van der Waals surface area contributed by atoms with Crippen LogP contribution in [0.25, 0.3) is 5.82 Å². The molecule has 2 aromatic heterocycles. The molecule has 0 bridgehead atoms. The molecular formula is C14H22N6OS2. The lowest BCUT2D eigenvalue weighted by Gasteiger charge is -2.08. The quantitative estimate of drug-likeness (QED) is 0.576. The molecular weight excluding hydrogens is 332 g/mol. The average Bonchev–Trinajstić information content (AvgIpc) is 3.11. The molecule has 0 aromatic carbocycles. The summed E-state index contributed by atoms with van der Waals surface area (Å²) in [4.78, 5) is 18.5. The molecule has 9 heteroatoms. The van der Waals surface area contributed by atoms with Gasteiger partial charge < -0.3 is 10.2 Å². The largest absolute Gasteiger partial charge is 0.348 e. The molecule has 0 fully saturated rings. The summed E-state index contributed by atoms with van der Waals surface area (Å²) < 4.78 is 1.82. The summed E-state index contributed by atoms with van der Waals surface area (Å²) in [5.74, 6) is 1.50. The summed E-state index contributed by atoms with van der Waals surface area (Å²) in [5, 5.41) is 14.0. The van der Waals surface area contributed by atoms with Gasteiger partial charge in [-0.3, -0.25) is 9.36 Å². The highest BCUT2D eigenvalue weighted by Gasteiger charge is 2.15. The van der Waals surface area contributed by atoms with Crippen molar-refractivity contribution >= 4 is 29.0 Å². The summed E-state index contributed by atoms with van der Waals surface area (Å²) in [5.41, 5.74) is 0. The molecule has 2 aromatic rings. The third kappa shape index (κ3) is 5.29. The van der Waals surface area contributed by atoms with E-state index in [1.807, 2.05) is 23.8 Å². The Morgan fingerprint density at radius 1 is 1.48 bits per heavy atom. The molecule has 0 saturated heterocycles. The highest BCUT2D eigenvalue weighted by atomic mass is 32.2. The summed E-state index contributed by atoms with van der Waals surface area (Å²) in [6.45, 7) is 4.89. The Hall–Kier alpha value is -1.45. The molecule has 0 aliphatic rings. The Balaban J connectivity index is 2.01. The van der Waals surface area contributed by atoms with Gasteiger partial charge in [-0.1, -0.05) is 11.8 Å². The second-order valence-electron chi connectivity index (χ2n) is 5.63. The molecule has 0 saturated carbocycles. The first-order valence-electron chi connectivity index (χ1n) is 7.41. The van der Waals surface area contributed by atoms with Crippen LogP contribution in [0.1, 0.15) is 30.1 Å². The van der Waals surface area contributed by atoms with Gasteiger partial charge in [0.25, 0.3) is 5.91 Å². The van der Waals surface area contributed by atoms with Crippen molar-refractivity contribution < 1.29 is 4.79 Å². The Kier molecular flexibility index (Phi) is 6.55. The van der Waals surface area contributed by atoms with Crippen LogP contribution in [0.4, 0.5) is 0 Å². The normalized spacial score (nSPS) is 11.4. The zero-order valence-corrected chi connectivity index (χ0v) is 15.4. The van der Waals surface area contributed by atoms with Gasteiger partial charge in [-0.05, 0) is 40.9 Å². The molecule has 0 radical (unpaired) electrons. The van der Waals surface area contributed by atoms with Gasteiger partial charge in [-0.25, -0.2) is 4.98 Å². The van der Waals surface area contributed by atoms with E-state index in [-0.39, 0.29) is 11.9 Å². The third-order valence-electron chi connectivity index (χ3n) is 2.85. The van der Waals surface area contributed by atoms with Crippen LogP contribution in [0.2, 0.25) is 0 Å². The van der Waals surface area contributed by atoms with Gasteiger partial charge in [0.15, 0.2) is 16.0 Å². The van der Waals surface area contributed by atoms with E-state index in [1.165, 1.54) is 11.3 Å². The van der Waals surface area contributed by atoms with E-state index in [9.17, 15) is 4.79 Å². The number of thiazole rings is 1. The molecule has 0 aliphatic heterocycles. The van der Waals surface area contributed by atoms with Crippen LogP contribution in [0.5, 0.6) is 0 Å². The van der Waals surface area contributed by atoms with Gasteiger partial charge in [0.05, 0.1) is 0 Å². The van der Waals surface area contributed by atoms with Gasteiger partial charge in [0.2, 0.25) is 0 Å². The van der Waals surface area contributed by atoms with Crippen molar-refractivity contribution in [2.45, 2.75) is 31.5 Å². The molecule has 126 valence electrons. The number of hydrogen-bond donors (Lipinski definition) is 1. The van der Waals surface area contributed by atoms with E-state index >= 15 is 0 Å². The first kappa shape index (κ1) is 17.9. The van der Waals surface area contributed by atoms with Crippen LogP contribution >= 0.6 is 23.1 Å². The first-order chi connectivity index (χ1) is 11.0. The lowest BCUT2D eigenvalue weighted by Crippen LogP contribution is -2.29. The van der Waals surface area contributed by atoms with Gasteiger partial charge in [0.1, 0.15) is 6.33 Å². The predicted molar refractivity (Wildman–Crippen MR) is 93.5 cm³/mol. The van der Waals surface area contributed by atoms with Crippen LogP contribution in [-0.4, -0.2) is 63.0 Å². The van der Waals surface area contributed by atoms with Crippen molar-refractivity contribution in [3.63, 3.8) is 0 Å². The van der Waals surface area contributed by atoms with E-state index in [2.05, 4.69) is 39.5 Å². The van der Waals surface area contributed by atoms with Gasteiger partial charge in [-0.15, -0.1) is 21.5 Å². The Morgan fingerprint density at radius 3 is 2.96 bits per heavy atom. The van der Waals surface area contributed by atoms with Crippen molar-refractivity contribution in [1.29, 1.82) is 0 Å². The van der Waals surface area contributed by atoms with Crippen LogP contribution in [0, 0.1) is 0 Å². The van der Waals surface area contributed by atoms with Gasteiger partial charge in [-0.2, -0.15) is 0 Å². The number of carbonyl (C=O) groups excluding carboxylic acids is 1.